The van der Waals surface area contributed by atoms with E-state index in [-0.39, 0.29) is 5.41 Å². The Kier molecular flexibility index (Phi) is 2.49. The molecule has 0 saturated carbocycles. The van der Waals surface area contributed by atoms with Crippen LogP contribution in [0.5, 0.6) is 0 Å². The van der Waals surface area contributed by atoms with Crippen molar-refractivity contribution in [2.45, 2.75) is 32.9 Å². The monoisotopic (exact) mass is 164 g/mol. The fourth-order valence-corrected chi connectivity index (χ4v) is 1.40. The van der Waals surface area contributed by atoms with Crippen molar-refractivity contribution < 1.29 is 8.42 Å². The van der Waals surface area contributed by atoms with E-state index in [0.29, 0.717) is 0 Å². The maximum absolute atomic E-state index is 10.6. The molecule has 0 aromatic carbocycles. The van der Waals surface area contributed by atoms with Crippen LogP contribution in [-0.4, -0.2) is 13.7 Å². The van der Waals surface area contributed by atoms with Crippen molar-refractivity contribution in [1.82, 2.24) is 5.14 Å². The highest BCUT2D eigenvalue weighted by molar-refractivity contribution is 7.89. The van der Waals surface area contributed by atoms with Crippen molar-refractivity contribution in [3.8, 4) is 0 Å². The molecule has 0 bridgehead atoms. The first-order valence-electron chi connectivity index (χ1n) is 3.14. The van der Waals surface area contributed by atoms with Gasteiger partial charge in [-0.15, -0.1) is 5.14 Å². The van der Waals surface area contributed by atoms with E-state index in [1.54, 1.807) is 6.92 Å². The maximum atomic E-state index is 10.6. The van der Waals surface area contributed by atoms with Gasteiger partial charge in [-0.3, -0.25) is 0 Å². The van der Waals surface area contributed by atoms with Gasteiger partial charge in [-0.25, -0.2) is 8.42 Å². The molecular formula is C6H14NO2S. The van der Waals surface area contributed by atoms with Crippen LogP contribution in [0.3, 0.4) is 0 Å². The lowest BCUT2D eigenvalue weighted by Gasteiger charge is -2.24. The molecule has 0 rings (SSSR count). The summed E-state index contributed by atoms with van der Waals surface area (Å²) in [6, 6.07) is 0. The third kappa shape index (κ3) is 2.66. The molecule has 0 aliphatic rings. The van der Waals surface area contributed by atoms with Crippen LogP contribution in [0, 0.1) is 5.41 Å². The van der Waals surface area contributed by atoms with E-state index in [2.05, 4.69) is 0 Å². The third-order valence-electron chi connectivity index (χ3n) is 1.69. The van der Waals surface area contributed by atoms with Crippen molar-refractivity contribution in [2.24, 2.45) is 5.41 Å². The van der Waals surface area contributed by atoms with Crippen LogP contribution in [0.2, 0.25) is 0 Å². The number of rotatable bonds is 1. The van der Waals surface area contributed by atoms with Crippen molar-refractivity contribution in [1.29, 1.82) is 0 Å². The molecule has 0 aromatic heterocycles. The van der Waals surface area contributed by atoms with E-state index >= 15 is 0 Å². The number of sulfonamides is 1. The maximum Gasteiger partial charge on any atom is 0.228 e. The Hall–Kier alpha value is -0.0900. The van der Waals surface area contributed by atoms with Crippen LogP contribution < -0.4 is 5.14 Å². The van der Waals surface area contributed by atoms with E-state index in [9.17, 15) is 8.42 Å². The van der Waals surface area contributed by atoms with Crippen molar-refractivity contribution in [3.63, 3.8) is 0 Å². The Bertz CT molecular complexity index is 200. The zero-order valence-electron chi connectivity index (χ0n) is 6.80. The molecule has 1 N–H and O–H groups in total. The van der Waals surface area contributed by atoms with Gasteiger partial charge in [0.15, 0.2) is 0 Å². The summed E-state index contributed by atoms with van der Waals surface area (Å²) >= 11 is 0. The van der Waals surface area contributed by atoms with Crippen LogP contribution in [0.1, 0.15) is 27.7 Å². The number of hydrogen-bond acceptors (Lipinski definition) is 2. The van der Waals surface area contributed by atoms with E-state index in [0.717, 1.165) is 0 Å². The Morgan fingerprint density at radius 2 is 1.60 bits per heavy atom. The van der Waals surface area contributed by atoms with Crippen LogP contribution in [0.4, 0.5) is 0 Å². The van der Waals surface area contributed by atoms with E-state index in [4.69, 9.17) is 5.14 Å². The number of hydrogen-bond donors (Lipinski definition) is 0. The Morgan fingerprint density at radius 3 is 1.60 bits per heavy atom. The highest BCUT2D eigenvalue weighted by Crippen LogP contribution is 2.23. The highest BCUT2D eigenvalue weighted by atomic mass is 32.2. The molecule has 3 nitrogen and oxygen atoms in total. The summed E-state index contributed by atoms with van der Waals surface area (Å²) in [4.78, 5) is 0. The van der Waals surface area contributed by atoms with Crippen LogP contribution in [0.15, 0.2) is 0 Å². The molecular weight excluding hydrogens is 150 g/mol. The molecule has 0 aliphatic carbocycles. The summed E-state index contributed by atoms with van der Waals surface area (Å²) in [6.45, 7) is 6.99. The first-order valence-corrected chi connectivity index (χ1v) is 4.69. The second kappa shape index (κ2) is 2.51. The van der Waals surface area contributed by atoms with Crippen LogP contribution in [-0.2, 0) is 10.0 Å². The lowest BCUT2D eigenvalue weighted by Crippen LogP contribution is -2.31. The fraction of sp³-hybridized carbons (Fsp3) is 1.00. The summed E-state index contributed by atoms with van der Waals surface area (Å²) in [5, 5.41) is 6.17. The molecule has 1 atom stereocenters. The molecule has 1 radical (unpaired) electrons. The molecule has 0 saturated heterocycles. The average molecular weight is 164 g/mol. The van der Waals surface area contributed by atoms with E-state index in [1.807, 2.05) is 20.8 Å². The Morgan fingerprint density at radius 1 is 1.30 bits per heavy atom. The van der Waals surface area contributed by atoms with E-state index < -0.39 is 15.3 Å². The minimum Gasteiger partial charge on any atom is -0.211 e. The van der Waals surface area contributed by atoms with Crippen molar-refractivity contribution in [3.05, 3.63) is 0 Å². The lowest BCUT2D eigenvalue weighted by atomic mass is 9.93. The predicted molar refractivity (Wildman–Crippen MR) is 40.9 cm³/mol. The predicted octanol–water partition coefficient (Wildman–Crippen LogP) is 1.03. The normalized spacial score (nSPS) is 16.9. The minimum absolute atomic E-state index is 0.333. The second-order valence-corrected chi connectivity index (χ2v) is 5.35. The van der Waals surface area contributed by atoms with Gasteiger partial charge in [0, 0.05) is 0 Å². The number of nitrogens with one attached hydrogen (secondary N) is 1. The largest absolute Gasteiger partial charge is 0.228 e. The average Bonchev–Trinajstić information content (AvgIpc) is 1.59. The highest BCUT2D eigenvalue weighted by Gasteiger charge is 2.29. The lowest BCUT2D eigenvalue weighted by molar-refractivity contribution is 0.392. The molecule has 0 aromatic rings. The molecule has 0 amide bonds. The van der Waals surface area contributed by atoms with Gasteiger partial charge in [-0.1, -0.05) is 20.8 Å². The smallest absolute Gasteiger partial charge is 0.211 e. The molecule has 0 fully saturated rings. The van der Waals surface area contributed by atoms with Crippen LogP contribution in [0.25, 0.3) is 0 Å². The zero-order chi connectivity index (χ0) is 8.58. The summed E-state index contributed by atoms with van der Waals surface area (Å²) in [5.74, 6) is 0. The van der Waals surface area contributed by atoms with Crippen molar-refractivity contribution in [2.75, 3.05) is 0 Å². The van der Waals surface area contributed by atoms with Gasteiger partial charge in [0.25, 0.3) is 0 Å². The minimum atomic E-state index is -3.61. The zero-order valence-corrected chi connectivity index (χ0v) is 7.62. The van der Waals surface area contributed by atoms with Gasteiger partial charge in [0.2, 0.25) is 10.0 Å². The molecule has 0 spiro atoms. The Balaban J connectivity index is 4.56. The molecule has 0 heterocycles. The van der Waals surface area contributed by atoms with E-state index in [1.165, 1.54) is 0 Å². The first kappa shape index (κ1) is 9.91. The summed E-state index contributed by atoms with van der Waals surface area (Å²) in [5.41, 5.74) is -0.333. The fourth-order valence-electron chi connectivity index (χ4n) is 0.465. The molecule has 0 aliphatic heterocycles. The standard InChI is InChI=1S/C6H14NO2S/c1-5(6(2,3)4)10(7,8)9/h5,7H,1-4H3. The van der Waals surface area contributed by atoms with Gasteiger partial charge in [0.1, 0.15) is 0 Å². The van der Waals surface area contributed by atoms with Gasteiger partial charge in [0.05, 0.1) is 5.25 Å². The van der Waals surface area contributed by atoms with Gasteiger partial charge in [-0.05, 0) is 12.3 Å². The third-order valence-corrected chi connectivity index (χ3v) is 3.32. The molecule has 1 unspecified atom stereocenters. The van der Waals surface area contributed by atoms with Crippen molar-refractivity contribution >= 4 is 10.0 Å². The SMILES string of the molecule is CC(C(C)(C)C)S([NH])(=O)=O. The second-order valence-electron chi connectivity index (χ2n) is 3.55. The molecule has 61 valence electrons. The van der Waals surface area contributed by atoms with Gasteiger partial charge in [-0.2, -0.15) is 0 Å². The summed E-state index contributed by atoms with van der Waals surface area (Å²) in [6.07, 6.45) is 0. The molecule has 10 heavy (non-hydrogen) atoms. The van der Waals surface area contributed by atoms with Gasteiger partial charge >= 0.3 is 0 Å². The first-order chi connectivity index (χ1) is 4.15. The topological polar surface area (TPSA) is 57.9 Å². The summed E-state index contributed by atoms with van der Waals surface area (Å²) in [7, 11) is -3.61. The quantitative estimate of drug-likeness (QED) is 0.581. The van der Waals surface area contributed by atoms with Gasteiger partial charge < -0.3 is 0 Å². The Labute approximate surface area is 62.7 Å². The molecule has 4 heteroatoms. The van der Waals surface area contributed by atoms with Crippen LogP contribution >= 0.6 is 0 Å². The summed E-state index contributed by atoms with van der Waals surface area (Å²) < 4.78 is 21.3.